The van der Waals surface area contributed by atoms with Crippen LogP contribution in [0.3, 0.4) is 0 Å². The van der Waals surface area contributed by atoms with Crippen molar-refractivity contribution in [1.29, 1.82) is 0 Å². The SMILES string of the molecule is CCOC(C(=O)Cc1cc(C)nn1C)C(C)(C)C. The molecule has 0 aliphatic carbocycles. The average Bonchev–Trinajstić information content (AvgIpc) is 2.52. The Morgan fingerprint density at radius 3 is 2.50 bits per heavy atom. The predicted octanol–water partition coefficient (Wildman–Crippen LogP) is 2.29. The standard InChI is InChI=1S/C14H24N2O2/c1-7-18-13(14(3,4)5)12(17)9-11-8-10(2)15-16(11)6/h8,13H,7,9H2,1-6H3. The van der Waals surface area contributed by atoms with Gasteiger partial charge in [-0.15, -0.1) is 0 Å². The fraction of sp³-hybridized carbons (Fsp3) is 0.714. The van der Waals surface area contributed by atoms with Gasteiger partial charge in [-0.25, -0.2) is 0 Å². The third-order valence-corrected chi connectivity index (χ3v) is 2.87. The maximum absolute atomic E-state index is 12.3. The lowest BCUT2D eigenvalue weighted by atomic mass is 9.85. The molecular formula is C14H24N2O2. The van der Waals surface area contributed by atoms with E-state index in [1.807, 2.05) is 47.7 Å². The minimum atomic E-state index is -0.363. The molecule has 0 aliphatic heterocycles. The topological polar surface area (TPSA) is 44.1 Å². The summed E-state index contributed by atoms with van der Waals surface area (Å²) in [5, 5.41) is 4.26. The molecule has 1 unspecified atom stereocenters. The van der Waals surface area contributed by atoms with Crippen LogP contribution in [0.1, 0.15) is 39.1 Å². The molecule has 1 aromatic rings. The highest BCUT2D eigenvalue weighted by Gasteiger charge is 2.32. The molecule has 0 aliphatic rings. The summed E-state index contributed by atoms with van der Waals surface area (Å²) in [6.07, 6.45) is 0.0110. The summed E-state index contributed by atoms with van der Waals surface area (Å²) in [5.41, 5.74) is 1.69. The van der Waals surface area contributed by atoms with E-state index in [0.717, 1.165) is 11.4 Å². The van der Waals surface area contributed by atoms with E-state index in [1.165, 1.54) is 0 Å². The van der Waals surface area contributed by atoms with Crippen LogP contribution < -0.4 is 0 Å². The van der Waals surface area contributed by atoms with Crippen LogP contribution in [0.25, 0.3) is 0 Å². The largest absolute Gasteiger partial charge is 0.370 e. The van der Waals surface area contributed by atoms with E-state index < -0.39 is 0 Å². The Morgan fingerprint density at radius 2 is 2.11 bits per heavy atom. The molecule has 0 spiro atoms. The highest BCUT2D eigenvalue weighted by Crippen LogP contribution is 2.24. The number of hydrogen-bond donors (Lipinski definition) is 0. The van der Waals surface area contributed by atoms with Crippen LogP contribution in [-0.4, -0.2) is 28.3 Å². The van der Waals surface area contributed by atoms with Crippen molar-refractivity contribution in [3.05, 3.63) is 17.5 Å². The molecule has 1 aromatic heterocycles. The molecule has 1 atom stereocenters. The normalized spacial score (nSPS) is 13.7. The van der Waals surface area contributed by atoms with Gasteiger partial charge in [-0.05, 0) is 25.3 Å². The van der Waals surface area contributed by atoms with Crippen molar-refractivity contribution in [3.63, 3.8) is 0 Å². The third-order valence-electron chi connectivity index (χ3n) is 2.87. The van der Waals surface area contributed by atoms with Crippen LogP contribution in [0.15, 0.2) is 6.07 Å². The average molecular weight is 252 g/mol. The molecule has 4 heteroatoms. The van der Waals surface area contributed by atoms with Crippen LogP contribution in [0.2, 0.25) is 0 Å². The van der Waals surface area contributed by atoms with Gasteiger partial charge >= 0.3 is 0 Å². The lowest BCUT2D eigenvalue weighted by molar-refractivity contribution is -0.136. The highest BCUT2D eigenvalue weighted by molar-refractivity contribution is 5.85. The summed E-state index contributed by atoms with van der Waals surface area (Å²) in [5.74, 6) is 0.118. The van der Waals surface area contributed by atoms with E-state index in [4.69, 9.17) is 4.74 Å². The lowest BCUT2D eigenvalue weighted by Crippen LogP contribution is -2.38. The van der Waals surface area contributed by atoms with Gasteiger partial charge in [-0.3, -0.25) is 9.48 Å². The van der Waals surface area contributed by atoms with Crippen molar-refractivity contribution < 1.29 is 9.53 Å². The number of ketones is 1. The van der Waals surface area contributed by atoms with Gasteiger partial charge < -0.3 is 4.74 Å². The molecule has 102 valence electrons. The molecule has 18 heavy (non-hydrogen) atoms. The summed E-state index contributed by atoms with van der Waals surface area (Å²) in [6, 6.07) is 1.95. The van der Waals surface area contributed by atoms with Crippen LogP contribution in [0.4, 0.5) is 0 Å². The lowest BCUT2D eigenvalue weighted by Gasteiger charge is -2.29. The molecule has 0 N–H and O–H groups in total. The van der Waals surface area contributed by atoms with Gasteiger partial charge in [0.25, 0.3) is 0 Å². The smallest absolute Gasteiger partial charge is 0.168 e. The van der Waals surface area contributed by atoms with Gasteiger partial charge in [-0.1, -0.05) is 20.8 Å². The second-order valence-corrected chi connectivity index (χ2v) is 5.75. The first-order valence-corrected chi connectivity index (χ1v) is 6.39. The number of carbonyl (C=O) groups is 1. The van der Waals surface area contributed by atoms with Gasteiger partial charge in [0.1, 0.15) is 6.10 Å². The molecule has 0 aromatic carbocycles. The fourth-order valence-electron chi connectivity index (χ4n) is 2.09. The molecular weight excluding hydrogens is 228 g/mol. The van der Waals surface area contributed by atoms with Crippen molar-refractivity contribution in [2.24, 2.45) is 12.5 Å². The molecule has 1 heterocycles. The van der Waals surface area contributed by atoms with Gasteiger partial charge in [0.15, 0.2) is 5.78 Å². The van der Waals surface area contributed by atoms with E-state index in [9.17, 15) is 4.79 Å². The minimum absolute atomic E-state index is 0.118. The van der Waals surface area contributed by atoms with Crippen molar-refractivity contribution in [1.82, 2.24) is 9.78 Å². The zero-order valence-electron chi connectivity index (χ0n) is 12.3. The van der Waals surface area contributed by atoms with Gasteiger partial charge in [0.05, 0.1) is 12.1 Å². The Labute approximate surface area is 109 Å². The van der Waals surface area contributed by atoms with E-state index in [2.05, 4.69) is 5.10 Å². The molecule has 0 saturated carbocycles. The predicted molar refractivity (Wildman–Crippen MR) is 71.5 cm³/mol. The van der Waals surface area contributed by atoms with Crippen molar-refractivity contribution in [3.8, 4) is 0 Å². The van der Waals surface area contributed by atoms with Gasteiger partial charge in [0.2, 0.25) is 0 Å². The van der Waals surface area contributed by atoms with Crippen molar-refractivity contribution >= 4 is 5.78 Å². The monoisotopic (exact) mass is 252 g/mol. The van der Waals surface area contributed by atoms with Crippen LogP contribution >= 0.6 is 0 Å². The maximum atomic E-state index is 12.3. The Balaban J connectivity index is 2.82. The zero-order chi connectivity index (χ0) is 13.9. The first-order valence-electron chi connectivity index (χ1n) is 6.39. The molecule has 0 amide bonds. The van der Waals surface area contributed by atoms with Gasteiger partial charge in [0, 0.05) is 19.3 Å². The minimum Gasteiger partial charge on any atom is -0.370 e. The second kappa shape index (κ2) is 5.65. The first kappa shape index (κ1) is 14.9. The van der Waals surface area contributed by atoms with E-state index in [0.29, 0.717) is 13.0 Å². The molecule has 0 fully saturated rings. The summed E-state index contributed by atoms with van der Waals surface area (Å²) in [4.78, 5) is 12.3. The molecule has 0 radical (unpaired) electrons. The quantitative estimate of drug-likeness (QED) is 0.807. The number of ether oxygens (including phenoxy) is 1. The maximum Gasteiger partial charge on any atom is 0.168 e. The van der Waals surface area contributed by atoms with Crippen molar-refractivity contribution in [2.75, 3.05) is 6.61 Å². The number of aryl methyl sites for hydroxylation is 2. The van der Waals surface area contributed by atoms with E-state index in [-0.39, 0.29) is 17.3 Å². The van der Waals surface area contributed by atoms with Gasteiger partial charge in [-0.2, -0.15) is 5.10 Å². The zero-order valence-corrected chi connectivity index (χ0v) is 12.3. The summed E-state index contributed by atoms with van der Waals surface area (Å²) >= 11 is 0. The molecule has 4 nitrogen and oxygen atoms in total. The highest BCUT2D eigenvalue weighted by atomic mass is 16.5. The number of hydrogen-bond acceptors (Lipinski definition) is 3. The summed E-state index contributed by atoms with van der Waals surface area (Å²) < 4.78 is 7.37. The molecule has 0 bridgehead atoms. The number of aromatic nitrogens is 2. The number of Topliss-reactive ketones (excluding diaryl/α,β-unsaturated/α-hetero) is 1. The molecule has 0 saturated heterocycles. The van der Waals surface area contributed by atoms with Crippen LogP contribution in [0, 0.1) is 12.3 Å². The summed E-state index contributed by atoms with van der Waals surface area (Å²) in [7, 11) is 1.86. The van der Waals surface area contributed by atoms with Crippen LogP contribution in [-0.2, 0) is 23.0 Å². The van der Waals surface area contributed by atoms with E-state index >= 15 is 0 Å². The Morgan fingerprint density at radius 1 is 1.50 bits per heavy atom. The third kappa shape index (κ3) is 3.67. The first-order chi connectivity index (χ1) is 8.25. The van der Waals surface area contributed by atoms with Crippen molar-refractivity contribution in [2.45, 2.75) is 47.1 Å². The second-order valence-electron chi connectivity index (χ2n) is 5.75. The fourth-order valence-corrected chi connectivity index (χ4v) is 2.09. The Bertz CT molecular complexity index is 416. The van der Waals surface area contributed by atoms with E-state index in [1.54, 1.807) is 4.68 Å². The Kier molecular flexibility index (Phi) is 4.68. The molecule has 1 rings (SSSR count). The number of rotatable bonds is 5. The summed E-state index contributed by atoms with van der Waals surface area (Å²) in [6.45, 7) is 10.5. The Hall–Kier alpha value is -1.16. The number of nitrogens with zero attached hydrogens (tertiary/aromatic N) is 2. The number of carbonyl (C=O) groups excluding carboxylic acids is 1. The van der Waals surface area contributed by atoms with Crippen LogP contribution in [0.5, 0.6) is 0 Å².